The van der Waals surface area contributed by atoms with Crippen molar-refractivity contribution < 1.29 is 9.59 Å². The summed E-state index contributed by atoms with van der Waals surface area (Å²) in [6.07, 6.45) is 5.70. The normalized spacial score (nSPS) is 14.8. The predicted octanol–water partition coefficient (Wildman–Crippen LogP) is 3.33. The van der Waals surface area contributed by atoms with Gasteiger partial charge in [-0.1, -0.05) is 19.3 Å². The Morgan fingerprint density at radius 3 is 2.08 bits per heavy atom. The number of nitrogens with one attached hydrogen (secondary N) is 1. The number of nitrogens with zero attached hydrogens (tertiary/aromatic N) is 2. The largest absolute Gasteiger partial charge is 0.372 e. The summed E-state index contributed by atoms with van der Waals surface area (Å²) >= 11 is 0. The van der Waals surface area contributed by atoms with E-state index < -0.39 is 0 Å². The van der Waals surface area contributed by atoms with Crippen molar-refractivity contribution in [2.45, 2.75) is 58.9 Å². The molecule has 1 aliphatic rings. The number of hydrogen-bond acceptors (Lipinski definition) is 3. The van der Waals surface area contributed by atoms with Crippen LogP contribution >= 0.6 is 0 Å². The highest BCUT2D eigenvalue weighted by atomic mass is 16.2. The molecule has 0 saturated heterocycles. The first-order valence-corrected chi connectivity index (χ1v) is 9.47. The first-order valence-electron chi connectivity index (χ1n) is 9.47. The lowest BCUT2D eigenvalue weighted by molar-refractivity contribution is -0.123. The van der Waals surface area contributed by atoms with Crippen LogP contribution in [0.3, 0.4) is 0 Å². The van der Waals surface area contributed by atoms with Crippen LogP contribution in [-0.4, -0.2) is 37.5 Å². The molecule has 1 N–H and O–H groups in total. The molecule has 5 heteroatoms. The minimum Gasteiger partial charge on any atom is -0.372 e. The Morgan fingerprint density at radius 2 is 1.56 bits per heavy atom. The molecule has 0 aromatic heterocycles. The lowest BCUT2D eigenvalue weighted by Crippen LogP contribution is -2.44. The Labute approximate surface area is 151 Å². The van der Waals surface area contributed by atoms with Crippen LogP contribution < -0.4 is 15.1 Å². The second-order valence-electron chi connectivity index (χ2n) is 6.70. The van der Waals surface area contributed by atoms with Gasteiger partial charge >= 0.3 is 0 Å². The Balaban J connectivity index is 2.01. The molecule has 0 aliphatic heterocycles. The summed E-state index contributed by atoms with van der Waals surface area (Å²) in [7, 11) is 0. The van der Waals surface area contributed by atoms with Crippen LogP contribution in [0.4, 0.5) is 11.4 Å². The molecule has 0 heterocycles. The molecule has 0 atom stereocenters. The average Bonchev–Trinajstić information content (AvgIpc) is 2.62. The van der Waals surface area contributed by atoms with Gasteiger partial charge in [-0.05, 0) is 51.0 Å². The van der Waals surface area contributed by atoms with Crippen molar-refractivity contribution in [3.05, 3.63) is 24.3 Å². The van der Waals surface area contributed by atoms with Crippen molar-refractivity contribution in [2.24, 2.45) is 0 Å². The van der Waals surface area contributed by atoms with Crippen LogP contribution in [0.2, 0.25) is 0 Å². The third-order valence-corrected chi connectivity index (χ3v) is 4.94. The van der Waals surface area contributed by atoms with Crippen LogP contribution in [0.25, 0.3) is 0 Å². The number of rotatable bonds is 7. The molecule has 5 nitrogen and oxygen atoms in total. The molecule has 1 aromatic carbocycles. The molecule has 0 radical (unpaired) electrons. The number of anilines is 2. The summed E-state index contributed by atoms with van der Waals surface area (Å²) in [6.45, 7) is 7.71. The topological polar surface area (TPSA) is 52.6 Å². The lowest BCUT2D eigenvalue weighted by atomic mass is 9.95. The standard InChI is InChI=1S/C20H31N3O2/c1-4-22(5-2)18-11-13-19(14-12-18)23(16(3)24)15-20(25)21-17-9-7-6-8-10-17/h11-14,17H,4-10,15H2,1-3H3,(H,21,25). The molecule has 0 unspecified atom stereocenters. The zero-order chi connectivity index (χ0) is 18.2. The molecule has 2 rings (SSSR count). The van der Waals surface area contributed by atoms with Gasteiger partial charge in [0.15, 0.2) is 0 Å². The fourth-order valence-electron chi connectivity index (χ4n) is 3.48. The van der Waals surface area contributed by atoms with Crippen molar-refractivity contribution in [3.8, 4) is 0 Å². The number of amides is 2. The van der Waals surface area contributed by atoms with Gasteiger partial charge in [-0.2, -0.15) is 0 Å². The predicted molar refractivity (Wildman–Crippen MR) is 103 cm³/mol. The van der Waals surface area contributed by atoms with Gasteiger partial charge < -0.3 is 15.1 Å². The van der Waals surface area contributed by atoms with Crippen molar-refractivity contribution in [1.29, 1.82) is 0 Å². The van der Waals surface area contributed by atoms with E-state index in [0.717, 1.165) is 37.3 Å². The van der Waals surface area contributed by atoms with E-state index in [1.165, 1.54) is 26.2 Å². The first-order chi connectivity index (χ1) is 12.0. The highest BCUT2D eigenvalue weighted by Crippen LogP contribution is 2.21. The Morgan fingerprint density at radius 1 is 1.00 bits per heavy atom. The average molecular weight is 345 g/mol. The van der Waals surface area contributed by atoms with Crippen LogP contribution in [0, 0.1) is 0 Å². The van der Waals surface area contributed by atoms with Gasteiger partial charge in [0.1, 0.15) is 6.54 Å². The van der Waals surface area contributed by atoms with Crippen molar-refractivity contribution in [3.63, 3.8) is 0 Å². The maximum absolute atomic E-state index is 12.4. The van der Waals surface area contributed by atoms with Gasteiger partial charge in [0.05, 0.1) is 0 Å². The SMILES string of the molecule is CCN(CC)c1ccc(N(CC(=O)NC2CCCCC2)C(C)=O)cc1. The van der Waals surface area contributed by atoms with E-state index in [4.69, 9.17) is 0 Å². The molecule has 0 spiro atoms. The zero-order valence-electron chi connectivity index (χ0n) is 15.8. The minimum absolute atomic E-state index is 0.0741. The fraction of sp³-hybridized carbons (Fsp3) is 0.600. The van der Waals surface area contributed by atoms with Gasteiger partial charge in [-0.3, -0.25) is 9.59 Å². The van der Waals surface area contributed by atoms with Crippen molar-refractivity contribution in [1.82, 2.24) is 5.32 Å². The van der Waals surface area contributed by atoms with E-state index in [1.54, 1.807) is 4.90 Å². The number of carbonyl (C=O) groups is 2. The third-order valence-electron chi connectivity index (χ3n) is 4.94. The van der Waals surface area contributed by atoms with Gasteiger partial charge in [0.25, 0.3) is 0 Å². The van der Waals surface area contributed by atoms with Crippen molar-refractivity contribution >= 4 is 23.2 Å². The number of hydrogen-bond donors (Lipinski definition) is 1. The second kappa shape index (κ2) is 9.44. The summed E-state index contributed by atoms with van der Waals surface area (Å²) < 4.78 is 0. The maximum atomic E-state index is 12.4. The van der Waals surface area contributed by atoms with Crippen molar-refractivity contribution in [2.75, 3.05) is 29.4 Å². The molecular weight excluding hydrogens is 314 g/mol. The maximum Gasteiger partial charge on any atom is 0.240 e. The summed E-state index contributed by atoms with van der Waals surface area (Å²) in [5, 5.41) is 3.08. The summed E-state index contributed by atoms with van der Waals surface area (Å²) in [6, 6.07) is 8.13. The highest BCUT2D eigenvalue weighted by Gasteiger charge is 2.20. The van der Waals surface area contributed by atoms with Gasteiger partial charge in [0, 0.05) is 37.4 Å². The molecular formula is C20H31N3O2. The number of carbonyl (C=O) groups excluding carboxylic acids is 2. The Kier molecular flexibility index (Phi) is 7.29. The third kappa shape index (κ3) is 5.48. The molecule has 1 aliphatic carbocycles. The molecule has 138 valence electrons. The zero-order valence-corrected chi connectivity index (χ0v) is 15.8. The summed E-state index contributed by atoms with van der Waals surface area (Å²) in [4.78, 5) is 28.2. The van der Waals surface area contributed by atoms with E-state index in [1.807, 2.05) is 24.3 Å². The fourth-order valence-corrected chi connectivity index (χ4v) is 3.48. The van der Waals surface area contributed by atoms with E-state index >= 15 is 0 Å². The van der Waals surface area contributed by atoms with Crippen LogP contribution in [0.15, 0.2) is 24.3 Å². The molecule has 1 fully saturated rings. The quantitative estimate of drug-likeness (QED) is 0.825. The second-order valence-corrected chi connectivity index (χ2v) is 6.70. The molecule has 1 saturated carbocycles. The van der Waals surface area contributed by atoms with E-state index in [9.17, 15) is 9.59 Å². The lowest BCUT2D eigenvalue weighted by Gasteiger charge is -2.26. The van der Waals surface area contributed by atoms with Gasteiger partial charge in [0.2, 0.25) is 11.8 Å². The van der Waals surface area contributed by atoms with Crippen LogP contribution in [0.1, 0.15) is 52.9 Å². The molecule has 25 heavy (non-hydrogen) atoms. The molecule has 2 amide bonds. The Bertz CT molecular complexity index is 561. The smallest absolute Gasteiger partial charge is 0.240 e. The first kappa shape index (κ1) is 19.3. The Hall–Kier alpha value is -2.04. The van der Waals surface area contributed by atoms with Crippen LogP contribution in [-0.2, 0) is 9.59 Å². The monoisotopic (exact) mass is 345 g/mol. The van der Waals surface area contributed by atoms with Gasteiger partial charge in [-0.25, -0.2) is 0 Å². The van der Waals surface area contributed by atoms with E-state index in [2.05, 4.69) is 24.1 Å². The molecule has 1 aromatic rings. The van der Waals surface area contributed by atoms with E-state index in [0.29, 0.717) is 0 Å². The summed E-state index contributed by atoms with van der Waals surface area (Å²) in [5.74, 6) is -0.190. The van der Waals surface area contributed by atoms with E-state index in [-0.39, 0.29) is 24.4 Å². The molecule has 0 bridgehead atoms. The summed E-state index contributed by atoms with van der Waals surface area (Å²) in [5.41, 5.74) is 1.89. The van der Waals surface area contributed by atoms with Crippen LogP contribution in [0.5, 0.6) is 0 Å². The van der Waals surface area contributed by atoms with Gasteiger partial charge in [-0.15, -0.1) is 0 Å². The highest BCUT2D eigenvalue weighted by molar-refractivity contribution is 5.97. The number of benzene rings is 1. The minimum atomic E-state index is -0.116.